The van der Waals surface area contributed by atoms with Crippen LogP contribution in [-0.2, 0) is 16.6 Å². The lowest BCUT2D eigenvalue weighted by Gasteiger charge is -2.26. The van der Waals surface area contributed by atoms with Gasteiger partial charge in [-0.05, 0) is 74.9 Å². The molecule has 0 aliphatic carbocycles. The van der Waals surface area contributed by atoms with Gasteiger partial charge in [-0.2, -0.15) is 0 Å². The molecule has 1 fully saturated rings. The van der Waals surface area contributed by atoms with Crippen molar-refractivity contribution in [3.05, 3.63) is 59.7 Å². The van der Waals surface area contributed by atoms with Crippen molar-refractivity contribution >= 4 is 21.6 Å². The normalized spacial score (nSPS) is 15.4. The number of rotatable bonds is 6. The Kier molecular flexibility index (Phi) is 6.26. The second kappa shape index (κ2) is 8.65. The van der Waals surface area contributed by atoms with Crippen molar-refractivity contribution in [1.82, 2.24) is 9.62 Å². The van der Waals surface area contributed by atoms with Gasteiger partial charge in [-0.3, -0.25) is 9.69 Å². The first kappa shape index (κ1) is 19.5. The van der Waals surface area contributed by atoms with Gasteiger partial charge >= 0.3 is 0 Å². The highest BCUT2D eigenvalue weighted by molar-refractivity contribution is 7.89. The molecule has 0 bridgehead atoms. The van der Waals surface area contributed by atoms with Gasteiger partial charge in [0.25, 0.3) is 5.91 Å². The van der Waals surface area contributed by atoms with E-state index in [1.54, 1.807) is 0 Å². The third kappa shape index (κ3) is 5.15. The molecule has 1 aliphatic heterocycles. The van der Waals surface area contributed by atoms with E-state index in [0.717, 1.165) is 25.3 Å². The molecule has 1 saturated heterocycles. The van der Waals surface area contributed by atoms with E-state index in [4.69, 9.17) is 0 Å². The summed E-state index contributed by atoms with van der Waals surface area (Å²) in [4.78, 5) is 15.0. The number of nitrogens with zero attached hydrogens (tertiary/aromatic N) is 1. The van der Waals surface area contributed by atoms with Crippen LogP contribution in [0.3, 0.4) is 0 Å². The average molecular weight is 388 g/mol. The van der Waals surface area contributed by atoms with E-state index in [1.807, 2.05) is 18.2 Å². The Morgan fingerprint density at radius 3 is 2.41 bits per heavy atom. The number of nitrogens with one attached hydrogen (secondary N) is 2. The van der Waals surface area contributed by atoms with Gasteiger partial charge in [0.1, 0.15) is 0 Å². The number of hydrogen-bond acceptors (Lipinski definition) is 4. The Bertz CT molecular complexity index is 889. The number of carbonyl (C=O) groups excluding carboxylic acids is 1. The van der Waals surface area contributed by atoms with E-state index in [1.165, 1.54) is 56.1 Å². The minimum Gasteiger partial charge on any atom is -0.322 e. The number of amides is 1. The van der Waals surface area contributed by atoms with Crippen molar-refractivity contribution in [1.29, 1.82) is 0 Å². The fourth-order valence-electron chi connectivity index (χ4n) is 3.23. The molecule has 1 heterocycles. The first-order chi connectivity index (χ1) is 13.0. The maximum Gasteiger partial charge on any atom is 0.255 e. The minimum atomic E-state index is -3.51. The molecule has 1 amide bonds. The maximum absolute atomic E-state index is 12.5. The summed E-state index contributed by atoms with van der Waals surface area (Å²) in [6.45, 7) is 3.14. The molecular formula is C20H25N3O3S. The largest absolute Gasteiger partial charge is 0.322 e. The average Bonchev–Trinajstić information content (AvgIpc) is 2.69. The van der Waals surface area contributed by atoms with Crippen LogP contribution in [0.25, 0.3) is 0 Å². The van der Waals surface area contributed by atoms with E-state index < -0.39 is 10.0 Å². The number of benzene rings is 2. The standard InChI is InChI=1S/C20H25N3O3S/c1-21-27(25,26)19-10-8-17(9-11-19)20(24)22-18-7-5-6-16(14-18)15-23-12-3-2-4-13-23/h5-11,14,21H,2-4,12-13,15H2,1H3,(H,22,24). The predicted octanol–water partition coefficient (Wildman–Crippen LogP) is 2.83. The van der Waals surface area contributed by atoms with Crippen molar-refractivity contribution in [3.8, 4) is 0 Å². The van der Waals surface area contributed by atoms with Gasteiger partial charge in [0, 0.05) is 17.8 Å². The second-order valence-corrected chi connectivity index (χ2v) is 8.61. The summed E-state index contributed by atoms with van der Waals surface area (Å²) < 4.78 is 25.8. The van der Waals surface area contributed by atoms with Crippen molar-refractivity contribution in [2.75, 3.05) is 25.5 Å². The first-order valence-corrected chi connectivity index (χ1v) is 10.6. The molecule has 0 radical (unpaired) electrons. The van der Waals surface area contributed by atoms with Crippen LogP contribution >= 0.6 is 0 Å². The summed E-state index contributed by atoms with van der Waals surface area (Å²) in [5, 5.41) is 2.89. The third-order valence-electron chi connectivity index (χ3n) is 4.74. The third-order valence-corrected chi connectivity index (χ3v) is 6.17. The van der Waals surface area contributed by atoms with Crippen molar-refractivity contribution in [2.24, 2.45) is 0 Å². The highest BCUT2D eigenvalue weighted by Crippen LogP contribution is 2.17. The van der Waals surface area contributed by atoms with Crippen LogP contribution in [0.5, 0.6) is 0 Å². The van der Waals surface area contributed by atoms with Gasteiger partial charge in [0.05, 0.1) is 4.90 Å². The number of hydrogen-bond donors (Lipinski definition) is 2. The molecule has 6 nitrogen and oxygen atoms in total. The van der Waals surface area contributed by atoms with Crippen LogP contribution in [0.1, 0.15) is 35.2 Å². The van der Waals surface area contributed by atoms with Crippen LogP contribution in [0.4, 0.5) is 5.69 Å². The van der Waals surface area contributed by atoms with E-state index in [9.17, 15) is 13.2 Å². The molecule has 0 atom stereocenters. The molecule has 0 saturated carbocycles. The Hall–Kier alpha value is -2.22. The molecule has 0 spiro atoms. The Labute approximate surface area is 160 Å². The smallest absolute Gasteiger partial charge is 0.255 e. The summed E-state index contributed by atoms with van der Waals surface area (Å²) >= 11 is 0. The zero-order chi connectivity index (χ0) is 19.3. The lowest BCUT2D eigenvalue weighted by atomic mass is 10.1. The predicted molar refractivity (Wildman–Crippen MR) is 106 cm³/mol. The highest BCUT2D eigenvalue weighted by Gasteiger charge is 2.14. The van der Waals surface area contributed by atoms with Gasteiger partial charge in [0.15, 0.2) is 0 Å². The molecule has 144 valence electrons. The number of piperidine rings is 1. The monoisotopic (exact) mass is 387 g/mol. The molecule has 2 aromatic carbocycles. The fraction of sp³-hybridized carbons (Fsp3) is 0.350. The van der Waals surface area contributed by atoms with E-state index >= 15 is 0 Å². The first-order valence-electron chi connectivity index (χ1n) is 9.14. The Morgan fingerprint density at radius 1 is 1.04 bits per heavy atom. The second-order valence-electron chi connectivity index (χ2n) is 6.72. The molecular weight excluding hydrogens is 362 g/mol. The van der Waals surface area contributed by atoms with Gasteiger partial charge in [-0.1, -0.05) is 18.6 Å². The Morgan fingerprint density at radius 2 is 1.74 bits per heavy atom. The van der Waals surface area contributed by atoms with Crippen LogP contribution in [-0.4, -0.2) is 39.4 Å². The van der Waals surface area contributed by atoms with Crippen molar-refractivity contribution < 1.29 is 13.2 Å². The lowest BCUT2D eigenvalue weighted by molar-refractivity contribution is 0.102. The van der Waals surface area contributed by atoms with Crippen LogP contribution in [0, 0.1) is 0 Å². The molecule has 2 N–H and O–H groups in total. The molecule has 27 heavy (non-hydrogen) atoms. The van der Waals surface area contributed by atoms with Crippen LogP contribution in [0.15, 0.2) is 53.4 Å². The summed E-state index contributed by atoms with van der Waals surface area (Å²) in [7, 11) is -2.15. The van der Waals surface area contributed by atoms with E-state index in [0.29, 0.717) is 5.56 Å². The van der Waals surface area contributed by atoms with Gasteiger partial charge in [-0.15, -0.1) is 0 Å². The Balaban J connectivity index is 1.66. The summed E-state index contributed by atoms with van der Waals surface area (Å²) in [5.74, 6) is -0.265. The summed E-state index contributed by atoms with van der Waals surface area (Å²) in [6, 6.07) is 13.7. The zero-order valence-electron chi connectivity index (χ0n) is 15.4. The summed E-state index contributed by atoms with van der Waals surface area (Å²) in [6.07, 6.45) is 3.80. The molecule has 2 aromatic rings. The molecule has 3 rings (SSSR count). The van der Waals surface area contributed by atoms with E-state index in [-0.39, 0.29) is 10.8 Å². The molecule has 0 aromatic heterocycles. The topological polar surface area (TPSA) is 78.5 Å². The van der Waals surface area contributed by atoms with Crippen molar-refractivity contribution in [3.63, 3.8) is 0 Å². The lowest BCUT2D eigenvalue weighted by Crippen LogP contribution is -2.29. The van der Waals surface area contributed by atoms with Crippen LogP contribution < -0.4 is 10.0 Å². The van der Waals surface area contributed by atoms with Gasteiger partial charge in [-0.25, -0.2) is 13.1 Å². The number of carbonyl (C=O) groups is 1. The number of sulfonamides is 1. The SMILES string of the molecule is CNS(=O)(=O)c1ccc(C(=O)Nc2cccc(CN3CCCCC3)c2)cc1. The van der Waals surface area contributed by atoms with Gasteiger partial charge < -0.3 is 5.32 Å². The van der Waals surface area contributed by atoms with E-state index in [2.05, 4.69) is 21.0 Å². The molecule has 1 aliphatic rings. The van der Waals surface area contributed by atoms with Gasteiger partial charge in [0.2, 0.25) is 10.0 Å². The minimum absolute atomic E-state index is 0.130. The summed E-state index contributed by atoms with van der Waals surface area (Å²) in [5.41, 5.74) is 2.32. The number of anilines is 1. The molecule has 0 unspecified atom stereocenters. The maximum atomic E-state index is 12.5. The van der Waals surface area contributed by atoms with Crippen molar-refractivity contribution in [2.45, 2.75) is 30.7 Å². The number of likely N-dealkylation sites (tertiary alicyclic amines) is 1. The van der Waals surface area contributed by atoms with Crippen LogP contribution in [0.2, 0.25) is 0 Å². The zero-order valence-corrected chi connectivity index (χ0v) is 16.3. The highest BCUT2D eigenvalue weighted by atomic mass is 32.2. The quantitative estimate of drug-likeness (QED) is 0.799. The fourth-order valence-corrected chi connectivity index (χ4v) is 3.96. The molecule has 7 heteroatoms.